The highest BCUT2D eigenvalue weighted by atomic mass is 32.2. The minimum atomic E-state index is -0.475. The topological polar surface area (TPSA) is 84.5 Å². The van der Waals surface area contributed by atoms with Crippen LogP contribution in [0.3, 0.4) is 0 Å². The molecule has 6 heteroatoms. The second kappa shape index (κ2) is 7.38. The second-order valence-electron chi connectivity index (χ2n) is 6.60. The Bertz CT molecular complexity index is 639. The lowest BCUT2D eigenvalue weighted by atomic mass is 9.79. The molecule has 1 aromatic rings. The summed E-state index contributed by atoms with van der Waals surface area (Å²) in [5, 5.41) is 4.02. The number of carbonyl (C=O) groups excluding carboxylic acids is 2. The number of hydrogen-bond acceptors (Lipinski definition) is 4. The zero-order chi connectivity index (χ0) is 17.0. The van der Waals surface area contributed by atoms with Crippen LogP contribution in [0.25, 0.3) is 0 Å². The average Bonchev–Trinajstić information content (AvgIpc) is 3.06. The first-order chi connectivity index (χ1) is 11.6. The lowest BCUT2D eigenvalue weighted by Gasteiger charge is -2.37. The number of rotatable bonds is 5. The average molecular weight is 345 g/mol. The predicted molar refractivity (Wildman–Crippen MR) is 97.0 cm³/mol. The van der Waals surface area contributed by atoms with E-state index in [1.807, 2.05) is 30.3 Å². The summed E-state index contributed by atoms with van der Waals surface area (Å²) >= 11 is 1.60. The maximum Gasteiger partial charge on any atom is 0.246 e. The van der Waals surface area contributed by atoms with E-state index >= 15 is 0 Å². The molecule has 128 valence electrons. The van der Waals surface area contributed by atoms with Gasteiger partial charge in [0.05, 0.1) is 5.04 Å². The maximum atomic E-state index is 12.7. The molecule has 1 atom stereocenters. The van der Waals surface area contributed by atoms with Gasteiger partial charge in [-0.15, -0.1) is 11.8 Å². The maximum absolute atomic E-state index is 12.7. The van der Waals surface area contributed by atoms with Crippen LogP contribution in [0.2, 0.25) is 0 Å². The number of carbonyl (C=O) groups is 2. The summed E-state index contributed by atoms with van der Waals surface area (Å²) in [5.74, 6) is 0.200. The van der Waals surface area contributed by atoms with Gasteiger partial charge < -0.3 is 11.1 Å². The number of primary amides is 1. The van der Waals surface area contributed by atoms with Crippen LogP contribution in [0.5, 0.6) is 0 Å². The number of benzene rings is 1. The summed E-state index contributed by atoms with van der Waals surface area (Å²) in [6.07, 6.45) is 5.03. The molecule has 0 bridgehead atoms. The summed E-state index contributed by atoms with van der Waals surface area (Å²) < 4.78 is 0. The van der Waals surface area contributed by atoms with Crippen LogP contribution in [-0.2, 0) is 9.59 Å². The van der Waals surface area contributed by atoms with E-state index in [1.54, 1.807) is 11.8 Å². The highest BCUT2D eigenvalue weighted by molar-refractivity contribution is 8.14. The number of aliphatic imine (C=N–C) groups is 1. The van der Waals surface area contributed by atoms with Crippen molar-refractivity contribution >= 4 is 28.6 Å². The van der Waals surface area contributed by atoms with E-state index in [4.69, 9.17) is 5.73 Å². The molecule has 3 rings (SSSR count). The van der Waals surface area contributed by atoms with Crippen LogP contribution in [0.4, 0.5) is 0 Å². The lowest BCUT2D eigenvalue weighted by molar-refractivity contribution is -0.125. The van der Waals surface area contributed by atoms with Gasteiger partial charge in [0.25, 0.3) is 0 Å². The standard InChI is InChI=1S/C18H23N3O2S/c19-15(22)11-18(9-5-2-6-10-18)21-16(23)14-12-24-17(20-14)13-7-3-1-4-8-13/h1,3-4,7-8,14H,2,5-6,9-12H2,(H2,19,22)(H,21,23)/t14-/m0/s1. The molecule has 0 radical (unpaired) electrons. The summed E-state index contributed by atoms with van der Waals surface area (Å²) in [5.41, 5.74) is 5.98. The Labute approximate surface area is 146 Å². The third-order valence-corrected chi connectivity index (χ3v) is 5.78. The van der Waals surface area contributed by atoms with Crippen molar-refractivity contribution in [3.8, 4) is 0 Å². The third kappa shape index (κ3) is 3.98. The molecule has 2 aliphatic rings. The molecular weight excluding hydrogens is 322 g/mol. The van der Waals surface area contributed by atoms with Gasteiger partial charge in [-0.05, 0) is 12.8 Å². The Balaban J connectivity index is 1.69. The SMILES string of the molecule is NC(=O)CC1(NC(=O)[C@@H]2CSC(c3ccccc3)=N2)CCCCC1. The normalized spacial score (nSPS) is 22.7. The van der Waals surface area contributed by atoms with Crippen molar-refractivity contribution < 1.29 is 9.59 Å². The molecule has 3 N–H and O–H groups in total. The molecule has 1 saturated carbocycles. The van der Waals surface area contributed by atoms with Crippen LogP contribution in [-0.4, -0.2) is 34.2 Å². The van der Waals surface area contributed by atoms with Gasteiger partial charge in [0, 0.05) is 23.3 Å². The van der Waals surface area contributed by atoms with Gasteiger partial charge in [-0.2, -0.15) is 0 Å². The number of nitrogens with two attached hydrogens (primary N) is 1. The molecule has 1 fully saturated rings. The van der Waals surface area contributed by atoms with Gasteiger partial charge in [-0.25, -0.2) is 0 Å². The zero-order valence-electron chi connectivity index (χ0n) is 13.7. The van der Waals surface area contributed by atoms with Crippen molar-refractivity contribution in [3.63, 3.8) is 0 Å². The fraction of sp³-hybridized carbons (Fsp3) is 0.500. The van der Waals surface area contributed by atoms with E-state index < -0.39 is 11.6 Å². The van der Waals surface area contributed by atoms with Crippen molar-refractivity contribution in [1.82, 2.24) is 5.32 Å². The molecule has 2 amide bonds. The monoisotopic (exact) mass is 345 g/mol. The molecule has 24 heavy (non-hydrogen) atoms. The molecular formula is C18H23N3O2S. The smallest absolute Gasteiger partial charge is 0.246 e. The first kappa shape index (κ1) is 17.0. The zero-order valence-corrected chi connectivity index (χ0v) is 14.5. The van der Waals surface area contributed by atoms with Crippen molar-refractivity contribution in [1.29, 1.82) is 0 Å². The van der Waals surface area contributed by atoms with Gasteiger partial charge in [0.2, 0.25) is 11.8 Å². The fourth-order valence-corrected chi connectivity index (χ4v) is 4.55. The molecule has 1 aliphatic carbocycles. The minimum absolute atomic E-state index is 0.0865. The Hall–Kier alpha value is -1.82. The molecule has 0 saturated heterocycles. The molecule has 1 aromatic carbocycles. The molecule has 0 unspecified atom stereocenters. The number of thioether (sulfide) groups is 1. The fourth-order valence-electron chi connectivity index (χ4n) is 3.50. The summed E-state index contributed by atoms with van der Waals surface area (Å²) in [7, 11) is 0. The van der Waals surface area contributed by atoms with Crippen LogP contribution in [0.1, 0.15) is 44.1 Å². The predicted octanol–water partition coefficient (Wildman–Crippen LogP) is 2.24. The van der Waals surface area contributed by atoms with E-state index in [2.05, 4.69) is 10.3 Å². The Morgan fingerprint density at radius 1 is 1.21 bits per heavy atom. The Kier molecular flexibility index (Phi) is 5.23. The Morgan fingerprint density at radius 2 is 1.92 bits per heavy atom. The van der Waals surface area contributed by atoms with Gasteiger partial charge in [0.15, 0.2) is 0 Å². The highest BCUT2D eigenvalue weighted by Gasteiger charge is 2.37. The quantitative estimate of drug-likeness (QED) is 0.858. The van der Waals surface area contributed by atoms with Crippen molar-refractivity contribution in [2.75, 3.05) is 5.75 Å². The van der Waals surface area contributed by atoms with E-state index in [-0.39, 0.29) is 18.2 Å². The number of nitrogens with one attached hydrogen (secondary N) is 1. The highest BCUT2D eigenvalue weighted by Crippen LogP contribution is 2.32. The number of nitrogens with zero attached hydrogens (tertiary/aromatic N) is 1. The molecule has 0 aromatic heterocycles. The van der Waals surface area contributed by atoms with Crippen LogP contribution >= 0.6 is 11.8 Å². The Morgan fingerprint density at radius 3 is 2.58 bits per heavy atom. The largest absolute Gasteiger partial charge is 0.370 e. The number of amides is 2. The van der Waals surface area contributed by atoms with Crippen LogP contribution < -0.4 is 11.1 Å². The van der Waals surface area contributed by atoms with Gasteiger partial charge in [-0.1, -0.05) is 49.6 Å². The van der Waals surface area contributed by atoms with Crippen molar-refractivity contribution in [3.05, 3.63) is 35.9 Å². The van der Waals surface area contributed by atoms with Gasteiger partial charge >= 0.3 is 0 Å². The number of hydrogen-bond donors (Lipinski definition) is 2. The summed E-state index contributed by atoms with van der Waals surface area (Å²) in [6.45, 7) is 0. The molecule has 1 heterocycles. The molecule has 5 nitrogen and oxygen atoms in total. The van der Waals surface area contributed by atoms with Crippen molar-refractivity contribution in [2.45, 2.75) is 50.1 Å². The van der Waals surface area contributed by atoms with Crippen molar-refractivity contribution in [2.24, 2.45) is 10.7 Å². The van der Waals surface area contributed by atoms with Gasteiger partial charge in [0.1, 0.15) is 6.04 Å². The van der Waals surface area contributed by atoms with Gasteiger partial charge in [-0.3, -0.25) is 14.6 Å². The van der Waals surface area contributed by atoms with E-state index in [1.165, 1.54) is 0 Å². The summed E-state index contributed by atoms with van der Waals surface area (Å²) in [6, 6.07) is 9.51. The van der Waals surface area contributed by atoms with E-state index in [9.17, 15) is 9.59 Å². The van der Waals surface area contributed by atoms with E-state index in [0.29, 0.717) is 5.75 Å². The van der Waals surface area contributed by atoms with Crippen LogP contribution in [0.15, 0.2) is 35.3 Å². The second-order valence-corrected chi connectivity index (χ2v) is 7.61. The summed E-state index contributed by atoms with van der Waals surface area (Å²) in [4.78, 5) is 28.7. The molecule has 0 spiro atoms. The first-order valence-electron chi connectivity index (χ1n) is 8.44. The lowest BCUT2D eigenvalue weighted by Crippen LogP contribution is -2.54. The van der Waals surface area contributed by atoms with E-state index in [0.717, 1.165) is 42.7 Å². The molecule has 1 aliphatic heterocycles. The third-order valence-electron chi connectivity index (χ3n) is 4.69. The first-order valence-corrected chi connectivity index (χ1v) is 9.43. The van der Waals surface area contributed by atoms with Crippen LogP contribution in [0, 0.1) is 0 Å². The minimum Gasteiger partial charge on any atom is -0.370 e.